The molecule has 20 aromatic carbocycles. The van der Waals surface area contributed by atoms with Gasteiger partial charge in [0.25, 0.3) is 0 Å². The summed E-state index contributed by atoms with van der Waals surface area (Å²) in [6.45, 7) is 9.37. The first-order valence-corrected chi connectivity index (χ1v) is 46.0. The highest BCUT2D eigenvalue weighted by Gasteiger charge is 2.37. The Hall–Kier alpha value is -15.9. The second-order valence-electron chi connectivity index (χ2n) is 35.3. The minimum absolute atomic E-state index is 0. The van der Waals surface area contributed by atoms with Crippen molar-refractivity contribution in [1.29, 1.82) is 0 Å². The number of rotatable bonds is 15. The Bertz CT molecular complexity index is 7840. The SMILES string of the molecule is C.CC1(C)c2ccccc2-c2cc(-n3c4ccccc4c4ccc(-c5cccc(-c6ccccc6Br)c5)cc43)ccc21.CC1(C)c2ccccc2-c2cc(-n3c4ccccc4c4ccc(-c5cccc(-c6ccccc6N(c6ccc(-c7ccccc7)cc6)c6ccc(-c7ccccc7)cc6)c5)cc43)ccc21.c1ccc(-c2ccc(Nc3ccc(-c4ccccc4)cc3)cc2)cc1. The van der Waals surface area contributed by atoms with Gasteiger partial charge < -0.3 is 19.4 Å². The van der Waals surface area contributed by atoms with Gasteiger partial charge in [-0.05, 0) is 249 Å². The molecule has 0 radical (unpaired) electrons. The molecule has 24 rings (SSSR count). The van der Waals surface area contributed by atoms with Crippen LogP contribution in [-0.4, -0.2) is 9.13 Å². The van der Waals surface area contributed by atoms with Crippen LogP contribution in [0.5, 0.6) is 0 Å². The summed E-state index contributed by atoms with van der Waals surface area (Å²) < 4.78 is 6.01. The van der Waals surface area contributed by atoms with Crippen molar-refractivity contribution >= 4 is 88.0 Å². The van der Waals surface area contributed by atoms with E-state index in [1.807, 2.05) is 12.1 Å². The highest BCUT2D eigenvalue weighted by Crippen LogP contribution is 2.53. The second-order valence-corrected chi connectivity index (χ2v) is 36.2. The van der Waals surface area contributed by atoms with Crippen molar-refractivity contribution in [1.82, 2.24) is 9.13 Å². The number of anilines is 5. The van der Waals surface area contributed by atoms with Crippen molar-refractivity contribution in [3.05, 3.63) is 512 Å². The molecule has 2 aliphatic rings. The molecule has 132 heavy (non-hydrogen) atoms. The Balaban J connectivity index is 0.000000133. The van der Waals surface area contributed by atoms with Gasteiger partial charge in [-0.25, -0.2) is 0 Å². The normalized spacial score (nSPS) is 12.3. The third-order valence-electron chi connectivity index (χ3n) is 26.8. The smallest absolute Gasteiger partial charge is 0.0547 e. The van der Waals surface area contributed by atoms with Gasteiger partial charge in [0.2, 0.25) is 0 Å². The van der Waals surface area contributed by atoms with Crippen LogP contribution in [0.15, 0.2) is 490 Å². The van der Waals surface area contributed by atoms with Crippen molar-refractivity contribution in [2.24, 2.45) is 0 Å². The molecule has 2 aromatic heterocycles. The van der Waals surface area contributed by atoms with Crippen molar-refractivity contribution in [3.8, 4) is 123 Å². The first kappa shape index (κ1) is 83.0. The molecule has 0 bridgehead atoms. The van der Waals surface area contributed by atoms with Gasteiger partial charge in [0.15, 0.2) is 0 Å². The van der Waals surface area contributed by atoms with Crippen LogP contribution in [-0.2, 0) is 10.8 Å². The minimum Gasteiger partial charge on any atom is -0.356 e. The molecule has 5 heteroatoms. The van der Waals surface area contributed by atoms with Gasteiger partial charge in [0.05, 0.1) is 27.8 Å². The maximum atomic E-state index is 3.74. The molecule has 632 valence electrons. The lowest BCUT2D eigenvalue weighted by molar-refractivity contribution is 0.660. The fraction of sp³-hybridized carbons (Fsp3) is 0.0551. The van der Waals surface area contributed by atoms with Crippen LogP contribution >= 0.6 is 15.9 Å². The molecule has 0 atom stereocenters. The van der Waals surface area contributed by atoms with E-state index in [1.54, 1.807) is 0 Å². The summed E-state index contributed by atoms with van der Waals surface area (Å²) in [5.41, 5.74) is 42.8. The largest absolute Gasteiger partial charge is 0.356 e. The van der Waals surface area contributed by atoms with Crippen molar-refractivity contribution < 1.29 is 0 Å². The molecule has 0 saturated heterocycles. The third kappa shape index (κ3) is 15.6. The van der Waals surface area contributed by atoms with Crippen LogP contribution in [0.1, 0.15) is 57.4 Å². The van der Waals surface area contributed by atoms with Crippen molar-refractivity contribution in [2.75, 3.05) is 10.2 Å². The minimum atomic E-state index is -0.0426. The number of hydrogen-bond donors (Lipinski definition) is 1. The molecule has 4 nitrogen and oxygen atoms in total. The van der Waals surface area contributed by atoms with Crippen LogP contribution in [0.4, 0.5) is 28.4 Å². The zero-order valence-corrected chi connectivity index (χ0v) is 75.0. The molecular weight excluding hydrogens is 1660 g/mol. The van der Waals surface area contributed by atoms with Gasteiger partial charge in [-0.15, -0.1) is 0 Å². The summed E-state index contributed by atoms with van der Waals surface area (Å²) in [5, 5.41) is 8.51. The summed E-state index contributed by atoms with van der Waals surface area (Å²) in [6, 6.07) is 176. The van der Waals surface area contributed by atoms with Crippen LogP contribution in [0.3, 0.4) is 0 Å². The van der Waals surface area contributed by atoms with E-state index in [1.165, 1.54) is 177 Å². The summed E-state index contributed by atoms with van der Waals surface area (Å²) in [6.07, 6.45) is 0. The molecule has 0 amide bonds. The number of aromatic nitrogens is 2. The lowest BCUT2D eigenvalue weighted by atomic mass is 9.82. The molecule has 0 spiro atoms. The lowest BCUT2D eigenvalue weighted by Gasteiger charge is -2.28. The Labute approximate surface area is 782 Å². The zero-order valence-electron chi connectivity index (χ0n) is 73.4. The third-order valence-corrected chi connectivity index (χ3v) is 27.5. The summed E-state index contributed by atoms with van der Waals surface area (Å²) in [7, 11) is 0. The van der Waals surface area contributed by atoms with E-state index in [-0.39, 0.29) is 18.3 Å². The predicted molar refractivity (Wildman–Crippen MR) is 565 cm³/mol. The molecule has 0 unspecified atom stereocenters. The van der Waals surface area contributed by atoms with E-state index in [4.69, 9.17) is 0 Å². The predicted octanol–water partition coefficient (Wildman–Crippen LogP) is 35.8. The average Bonchev–Trinajstić information content (AvgIpc) is 1.57. The van der Waals surface area contributed by atoms with Crippen LogP contribution < -0.4 is 10.2 Å². The molecule has 2 heterocycles. The Morgan fingerprint density at radius 1 is 0.212 bits per heavy atom. The van der Waals surface area contributed by atoms with E-state index >= 15 is 0 Å². The summed E-state index contributed by atoms with van der Waals surface area (Å²) in [4.78, 5) is 2.40. The Morgan fingerprint density at radius 3 is 0.924 bits per heavy atom. The maximum Gasteiger partial charge on any atom is 0.0547 e. The van der Waals surface area contributed by atoms with Gasteiger partial charge in [-0.3, -0.25) is 0 Å². The summed E-state index contributed by atoms with van der Waals surface area (Å²) >= 11 is 3.74. The van der Waals surface area contributed by atoms with E-state index in [0.29, 0.717) is 0 Å². The molecular formula is C127H97BrN4. The Kier molecular flexibility index (Phi) is 22.2. The van der Waals surface area contributed by atoms with Crippen molar-refractivity contribution in [2.45, 2.75) is 46.0 Å². The van der Waals surface area contributed by atoms with Gasteiger partial charge in [-0.1, -0.05) is 415 Å². The number of benzene rings is 20. The monoisotopic (exact) mass is 1760 g/mol. The van der Waals surface area contributed by atoms with Gasteiger partial charge in [-0.2, -0.15) is 0 Å². The summed E-state index contributed by atoms with van der Waals surface area (Å²) in [5.74, 6) is 0. The molecule has 22 aromatic rings. The molecule has 1 N–H and O–H groups in total. The molecule has 0 saturated carbocycles. The van der Waals surface area contributed by atoms with Gasteiger partial charge in [0.1, 0.15) is 0 Å². The van der Waals surface area contributed by atoms with Crippen LogP contribution in [0.2, 0.25) is 0 Å². The lowest BCUT2D eigenvalue weighted by Crippen LogP contribution is -2.14. The number of nitrogens with zero attached hydrogens (tertiary/aromatic N) is 3. The Morgan fingerprint density at radius 2 is 0.508 bits per heavy atom. The van der Waals surface area contributed by atoms with E-state index in [2.05, 4.69) is 536 Å². The fourth-order valence-corrected chi connectivity index (χ4v) is 20.6. The van der Waals surface area contributed by atoms with Crippen LogP contribution in [0.25, 0.3) is 166 Å². The maximum absolute atomic E-state index is 3.74. The second kappa shape index (κ2) is 35.3. The first-order valence-electron chi connectivity index (χ1n) is 45.2. The molecule has 0 aliphatic heterocycles. The van der Waals surface area contributed by atoms with E-state index in [9.17, 15) is 0 Å². The highest BCUT2D eigenvalue weighted by molar-refractivity contribution is 9.10. The van der Waals surface area contributed by atoms with E-state index in [0.717, 1.165) is 44.0 Å². The fourth-order valence-electron chi connectivity index (χ4n) is 20.1. The van der Waals surface area contributed by atoms with Gasteiger partial charge >= 0.3 is 0 Å². The van der Waals surface area contributed by atoms with Gasteiger partial charge in [0, 0.05) is 76.5 Å². The number of para-hydroxylation sites is 3. The zero-order chi connectivity index (χ0) is 88.1. The van der Waals surface area contributed by atoms with E-state index < -0.39 is 0 Å². The number of hydrogen-bond acceptors (Lipinski definition) is 2. The van der Waals surface area contributed by atoms with Crippen molar-refractivity contribution in [3.63, 3.8) is 0 Å². The highest BCUT2D eigenvalue weighted by atomic mass is 79.9. The average molecular weight is 1760 g/mol. The number of nitrogens with one attached hydrogen (secondary N) is 1. The standard InChI is InChI=1S/C63H46N2.C39H28BrN.C24H19N.CH4/c1-63(2)58-25-12-9-23-54(58)57-42-52(37-39-59(57)63)65-61-27-14-11-24-55(61)56-38-32-48(41-62(56)65)47-20-15-21-49(40-47)53-22-10-13-26-60(53)64(50-33-28-45(29-34-50)43-16-5-3-6-17-43)51-35-30-46(31-36-51)44-18-7-4-8-19-44;1-39(2)34-15-6-3-13-30(34)33-24-28(19-21-35(33)39)41-37-17-8-5-14-31(37)32-20-18-26(23-38(32)41)25-10-9-11-27(22-25)29-12-4-7-16-36(29)40;1-3-7-19(8-4-1)21-11-15-23(16-12-21)25-24-17-13-22(14-18-24)20-9-5-2-6-10-20;/h3-42H,1-2H3;3-24H,1-2H3;1-18,25H;1H4. The quantitative estimate of drug-likeness (QED) is 0.111. The first-order chi connectivity index (χ1) is 64.4. The topological polar surface area (TPSA) is 25.1 Å². The molecule has 0 fully saturated rings. The number of halogens is 1. The number of fused-ring (bicyclic) bond motifs is 12. The molecule has 2 aliphatic carbocycles. The van der Waals surface area contributed by atoms with Crippen LogP contribution in [0, 0.1) is 0 Å².